The molecule has 0 radical (unpaired) electrons. The Balaban J connectivity index is 1.40. The van der Waals surface area contributed by atoms with E-state index in [-0.39, 0.29) is 5.41 Å². The summed E-state index contributed by atoms with van der Waals surface area (Å²) in [5.74, 6) is 0. The minimum Gasteiger partial charge on any atom is -0.264 e. The highest BCUT2D eigenvalue weighted by molar-refractivity contribution is 6.23. The fourth-order valence-electron chi connectivity index (χ4n) is 7.82. The van der Waals surface area contributed by atoms with Crippen molar-refractivity contribution in [3.8, 4) is 44.6 Å². The normalized spacial score (nSPS) is 13.3. The Morgan fingerprint density at radius 1 is 0.489 bits per heavy atom. The van der Waals surface area contributed by atoms with Gasteiger partial charge in [0, 0.05) is 35.1 Å². The Hall–Kier alpha value is -5.60. The average molecular weight is 575 g/mol. The summed E-state index contributed by atoms with van der Waals surface area (Å²) in [4.78, 5) is 9.11. The molecule has 0 N–H and O–H groups in total. The zero-order valence-corrected chi connectivity index (χ0v) is 25.3. The third-order valence-corrected chi connectivity index (χ3v) is 9.79. The fraction of sp³-hybridized carbons (Fsp3) is 0.0698. The molecule has 0 spiro atoms. The van der Waals surface area contributed by atoms with E-state index in [1.807, 2.05) is 30.7 Å². The van der Waals surface area contributed by atoms with E-state index in [0.29, 0.717) is 0 Å². The van der Waals surface area contributed by atoms with E-state index in [2.05, 4.69) is 134 Å². The van der Waals surface area contributed by atoms with Crippen LogP contribution in [-0.4, -0.2) is 9.97 Å². The van der Waals surface area contributed by atoms with Gasteiger partial charge >= 0.3 is 0 Å². The van der Waals surface area contributed by atoms with Gasteiger partial charge in [-0.1, -0.05) is 117 Å². The van der Waals surface area contributed by atoms with Crippen molar-refractivity contribution >= 4 is 32.3 Å². The van der Waals surface area contributed by atoms with Gasteiger partial charge in [0.2, 0.25) is 0 Å². The van der Waals surface area contributed by atoms with Gasteiger partial charge in [-0.2, -0.15) is 0 Å². The number of nitrogens with zero attached hydrogens (tertiary/aromatic N) is 2. The summed E-state index contributed by atoms with van der Waals surface area (Å²) in [6.45, 7) is 4.78. The lowest BCUT2D eigenvalue weighted by Crippen LogP contribution is -2.24. The highest BCUT2D eigenvalue weighted by Crippen LogP contribution is 2.54. The summed E-state index contributed by atoms with van der Waals surface area (Å²) in [6, 6.07) is 46.5. The SMILES string of the molecule is CC1(C)c2ccc(-c3cccnc3)cc2-c2cccc3c(-c4ccc(-c5ccccn5)c5ccccc45)c4ccccc4c1c23. The average Bonchev–Trinajstić information content (AvgIpc) is 3.10. The van der Waals surface area contributed by atoms with Gasteiger partial charge in [0.05, 0.1) is 5.69 Å². The van der Waals surface area contributed by atoms with Crippen molar-refractivity contribution in [1.82, 2.24) is 9.97 Å². The minimum atomic E-state index is -0.196. The van der Waals surface area contributed by atoms with Crippen LogP contribution >= 0.6 is 0 Å². The molecule has 2 nitrogen and oxygen atoms in total. The lowest BCUT2D eigenvalue weighted by molar-refractivity contribution is 0.651. The van der Waals surface area contributed by atoms with Crippen LogP contribution in [0.2, 0.25) is 0 Å². The molecule has 45 heavy (non-hydrogen) atoms. The van der Waals surface area contributed by atoms with Crippen molar-refractivity contribution in [3.63, 3.8) is 0 Å². The maximum Gasteiger partial charge on any atom is 0.0708 e. The molecule has 2 heterocycles. The summed E-state index contributed by atoms with van der Waals surface area (Å²) in [5, 5.41) is 7.70. The molecule has 1 aliphatic carbocycles. The molecule has 0 saturated heterocycles. The minimum absolute atomic E-state index is 0.196. The van der Waals surface area contributed by atoms with E-state index >= 15 is 0 Å². The number of rotatable bonds is 3. The van der Waals surface area contributed by atoms with Crippen LogP contribution in [0.4, 0.5) is 0 Å². The zero-order chi connectivity index (χ0) is 30.1. The Kier molecular flexibility index (Phi) is 5.58. The molecule has 2 aromatic heterocycles. The summed E-state index contributed by atoms with van der Waals surface area (Å²) in [6.07, 6.45) is 5.66. The largest absolute Gasteiger partial charge is 0.264 e. The highest BCUT2D eigenvalue weighted by atomic mass is 14.7. The topological polar surface area (TPSA) is 25.8 Å². The number of hydrogen-bond acceptors (Lipinski definition) is 2. The van der Waals surface area contributed by atoms with Gasteiger partial charge in [-0.05, 0) is 95.5 Å². The molecular weight excluding hydrogens is 544 g/mol. The molecule has 212 valence electrons. The van der Waals surface area contributed by atoms with Crippen LogP contribution in [0.5, 0.6) is 0 Å². The number of aromatic nitrogens is 2. The third-order valence-electron chi connectivity index (χ3n) is 9.79. The summed E-state index contributed by atoms with van der Waals surface area (Å²) < 4.78 is 0. The molecule has 6 aromatic carbocycles. The molecule has 0 unspecified atom stereocenters. The van der Waals surface area contributed by atoms with E-state index < -0.39 is 0 Å². The van der Waals surface area contributed by atoms with Crippen molar-refractivity contribution in [3.05, 3.63) is 157 Å². The Labute approximate surface area is 262 Å². The Bertz CT molecular complexity index is 2440. The van der Waals surface area contributed by atoms with Crippen molar-refractivity contribution in [2.45, 2.75) is 19.3 Å². The van der Waals surface area contributed by atoms with Crippen LogP contribution in [0.3, 0.4) is 0 Å². The molecule has 0 bridgehead atoms. The quantitative estimate of drug-likeness (QED) is 0.196. The molecule has 1 aliphatic rings. The van der Waals surface area contributed by atoms with Crippen molar-refractivity contribution < 1.29 is 0 Å². The van der Waals surface area contributed by atoms with Gasteiger partial charge in [-0.3, -0.25) is 9.97 Å². The molecule has 0 amide bonds. The van der Waals surface area contributed by atoms with Gasteiger partial charge in [-0.15, -0.1) is 0 Å². The lowest BCUT2D eigenvalue weighted by atomic mass is 9.66. The zero-order valence-electron chi connectivity index (χ0n) is 25.3. The molecule has 9 rings (SSSR count). The van der Waals surface area contributed by atoms with Crippen molar-refractivity contribution in [2.24, 2.45) is 0 Å². The van der Waals surface area contributed by atoms with Gasteiger partial charge in [-0.25, -0.2) is 0 Å². The number of hydrogen-bond donors (Lipinski definition) is 0. The van der Waals surface area contributed by atoms with Crippen LogP contribution in [0.15, 0.2) is 146 Å². The maximum atomic E-state index is 4.71. The Morgan fingerprint density at radius 2 is 1.22 bits per heavy atom. The van der Waals surface area contributed by atoms with Crippen LogP contribution in [-0.2, 0) is 5.41 Å². The van der Waals surface area contributed by atoms with E-state index in [1.165, 1.54) is 71.3 Å². The molecule has 0 aliphatic heterocycles. The summed E-state index contributed by atoms with van der Waals surface area (Å²) in [5.41, 5.74) is 12.2. The highest BCUT2D eigenvalue weighted by Gasteiger charge is 2.36. The molecule has 0 atom stereocenters. The summed E-state index contributed by atoms with van der Waals surface area (Å²) >= 11 is 0. The van der Waals surface area contributed by atoms with Gasteiger partial charge in [0.1, 0.15) is 0 Å². The number of pyridine rings is 2. The van der Waals surface area contributed by atoms with E-state index in [1.54, 1.807) is 0 Å². The van der Waals surface area contributed by atoms with Gasteiger partial charge in [0.25, 0.3) is 0 Å². The van der Waals surface area contributed by atoms with E-state index in [4.69, 9.17) is 4.98 Å². The molecule has 0 saturated carbocycles. The fourth-order valence-corrected chi connectivity index (χ4v) is 7.82. The second-order valence-electron chi connectivity index (χ2n) is 12.6. The number of benzene rings is 6. The first-order chi connectivity index (χ1) is 22.1. The molecule has 0 fully saturated rings. The first-order valence-electron chi connectivity index (χ1n) is 15.6. The van der Waals surface area contributed by atoms with Gasteiger partial charge < -0.3 is 0 Å². The van der Waals surface area contributed by atoms with Crippen LogP contribution in [0, 0.1) is 0 Å². The smallest absolute Gasteiger partial charge is 0.0708 e. The summed E-state index contributed by atoms with van der Waals surface area (Å²) in [7, 11) is 0. The molecule has 8 aromatic rings. The van der Waals surface area contributed by atoms with Crippen LogP contribution in [0.25, 0.3) is 77.0 Å². The van der Waals surface area contributed by atoms with Gasteiger partial charge in [0.15, 0.2) is 0 Å². The second kappa shape index (κ2) is 9.70. The first-order valence-corrected chi connectivity index (χ1v) is 15.6. The van der Waals surface area contributed by atoms with Crippen LogP contribution in [0.1, 0.15) is 25.0 Å². The van der Waals surface area contributed by atoms with Crippen molar-refractivity contribution in [2.75, 3.05) is 0 Å². The monoisotopic (exact) mass is 574 g/mol. The second-order valence-corrected chi connectivity index (χ2v) is 12.6. The van der Waals surface area contributed by atoms with E-state index in [9.17, 15) is 0 Å². The standard InChI is InChI=1S/C43H30N2/c1-43(2)38-22-19-27(28-11-10-23-44-26-28)25-37(38)33-16-9-17-36-40(32-14-5-6-15-35(32)42(43)41(33)36)34-21-20-31(39-18-7-8-24-45-39)29-12-3-4-13-30(29)34/h3-26H,1-2H3. The number of fused-ring (bicyclic) bond motifs is 5. The first kappa shape index (κ1) is 25.9. The van der Waals surface area contributed by atoms with E-state index in [0.717, 1.165) is 16.8 Å². The molecular formula is C43H30N2. The molecule has 2 heteroatoms. The van der Waals surface area contributed by atoms with Crippen molar-refractivity contribution in [1.29, 1.82) is 0 Å². The maximum absolute atomic E-state index is 4.71. The Morgan fingerprint density at radius 3 is 2.00 bits per heavy atom. The third kappa shape index (κ3) is 3.76. The lowest BCUT2D eigenvalue weighted by Gasteiger charge is -2.37. The predicted molar refractivity (Wildman–Crippen MR) is 188 cm³/mol. The van der Waals surface area contributed by atoms with Crippen LogP contribution < -0.4 is 0 Å². The predicted octanol–water partition coefficient (Wildman–Crippen LogP) is 11.2.